The van der Waals surface area contributed by atoms with E-state index in [-0.39, 0.29) is 17.7 Å². The van der Waals surface area contributed by atoms with Crippen molar-refractivity contribution in [2.45, 2.75) is 38.5 Å². The van der Waals surface area contributed by atoms with Gasteiger partial charge in [0.15, 0.2) is 0 Å². The molecule has 0 bridgehead atoms. The molecule has 2 amide bonds. The lowest BCUT2D eigenvalue weighted by atomic mass is 9.98. The standard InChI is InChI=1S/C20H26N4O3S/c1-3-17(25)21-9-8-16-13-28-19(23-16)15-5-4-10-24(12-15)20(26)14-6-7-18(27-2)22-11-14/h6-7,11,13,15H,3-5,8-10,12H2,1-2H3,(H,21,25). The van der Waals surface area contributed by atoms with Crippen LogP contribution in [0.4, 0.5) is 0 Å². The molecule has 1 saturated heterocycles. The summed E-state index contributed by atoms with van der Waals surface area (Å²) in [7, 11) is 1.55. The van der Waals surface area contributed by atoms with E-state index >= 15 is 0 Å². The van der Waals surface area contributed by atoms with E-state index in [2.05, 4.69) is 15.7 Å². The molecule has 1 N–H and O–H groups in total. The number of amides is 2. The van der Waals surface area contributed by atoms with Crippen LogP contribution in [0.25, 0.3) is 0 Å². The van der Waals surface area contributed by atoms with Gasteiger partial charge in [-0.2, -0.15) is 0 Å². The zero-order valence-electron chi connectivity index (χ0n) is 16.3. The zero-order valence-corrected chi connectivity index (χ0v) is 17.1. The van der Waals surface area contributed by atoms with Crippen molar-refractivity contribution in [3.63, 3.8) is 0 Å². The highest BCUT2D eigenvalue weighted by atomic mass is 32.1. The van der Waals surface area contributed by atoms with Gasteiger partial charge in [-0.05, 0) is 18.9 Å². The summed E-state index contributed by atoms with van der Waals surface area (Å²) in [6, 6.07) is 3.46. The van der Waals surface area contributed by atoms with Gasteiger partial charge >= 0.3 is 0 Å². The van der Waals surface area contributed by atoms with E-state index in [1.54, 1.807) is 36.8 Å². The Morgan fingerprint density at radius 2 is 2.25 bits per heavy atom. The maximum atomic E-state index is 12.8. The van der Waals surface area contributed by atoms with Crippen LogP contribution in [-0.4, -0.2) is 53.4 Å². The van der Waals surface area contributed by atoms with E-state index in [4.69, 9.17) is 9.72 Å². The molecule has 28 heavy (non-hydrogen) atoms. The predicted molar refractivity (Wildman–Crippen MR) is 108 cm³/mol. The van der Waals surface area contributed by atoms with Crippen LogP contribution in [0.5, 0.6) is 5.88 Å². The van der Waals surface area contributed by atoms with Crippen LogP contribution in [0, 0.1) is 0 Å². The minimum absolute atomic E-state index is 0.00101. The number of hydrogen-bond acceptors (Lipinski definition) is 6. The monoisotopic (exact) mass is 402 g/mol. The van der Waals surface area contributed by atoms with Gasteiger partial charge in [-0.25, -0.2) is 9.97 Å². The smallest absolute Gasteiger partial charge is 0.255 e. The molecule has 3 heterocycles. The van der Waals surface area contributed by atoms with Gasteiger partial charge in [0.25, 0.3) is 5.91 Å². The predicted octanol–water partition coefficient (Wildman–Crippen LogP) is 2.64. The zero-order chi connectivity index (χ0) is 19.9. The molecule has 1 aliphatic heterocycles. The summed E-state index contributed by atoms with van der Waals surface area (Å²) < 4.78 is 5.05. The fraction of sp³-hybridized carbons (Fsp3) is 0.500. The Balaban J connectivity index is 1.58. The first-order valence-corrected chi connectivity index (χ1v) is 10.5. The van der Waals surface area contributed by atoms with Gasteiger partial charge in [-0.15, -0.1) is 11.3 Å². The number of hydrogen-bond donors (Lipinski definition) is 1. The van der Waals surface area contributed by atoms with Gasteiger partial charge in [0.2, 0.25) is 11.8 Å². The third-order valence-electron chi connectivity index (χ3n) is 4.84. The first-order chi connectivity index (χ1) is 13.6. The normalized spacial score (nSPS) is 16.6. The number of thiazole rings is 1. The summed E-state index contributed by atoms with van der Waals surface area (Å²) in [4.78, 5) is 34.9. The number of likely N-dealkylation sites (tertiary alicyclic amines) is 1. The summed E-state index contributed by atoms with van der Waals surface area (Å²) in [6.45, 7) is 3.87. The third kappa shape index (κ3) is 5.07. The van der Waals surface area contributed by atoms with Crippen LogP contribution in [-0.2, 0) is 11.2 Å². The van der Waals surface area contributed by atoms with Gasteiger partial charge in [-0.1, -0.05) is 6.92 Å². The lowest BCUT2D eigenvalue weighted by Gasteiger charge is -2.31. The molecule has 1 unspecified atom stereocenters. The summed E-state index contributed by atoms with van der Waals surface area (Å²) in [5.41, 5.74) is 1.58. The van der Waals surface area contributed by atoms with E-state index in [0.717, 1.165) is 36.5 Å². The second-order valence-corrected chi connectivity index (χ2v) is 7.70. The van der Waals surface area contributed by atoms with E-state index in [1.165, 1.54) is 0 Å². The molecule has 0 aromatic carbocycles. The maximum absolute atomic E-state index is 12.8. The first-order valence-electron chi connectivity index (χ1n) is 9.61. The lowest BCUT2D eigenvalue weighted by Crippen LogP contribution is -2.39. The van der Waals surface area contributed by atoms with Crippen molar-refractivity contribution in [1.82, 2.24) is 20.2 Å². The number of ether oxygens (including phenoxy) is 1. The van der Waals surface area contributed by atoms with Crippen LogP contribution < -0.4 is 10.1 Å². The Bertz CT molecular complexity index is 806. The maximum Gasteiger partial charge on any atom is 0.255 e. The number of aromatic nitrogens is 2. The highest BCUT2D eigenvalue weighted by Gasteiger charge is 2.27. The highest BCUT2D eigenvalue weighted by Crippen LogP contribution is 2.30. The van der Waals surface area contributed by atoms with Crippen molar-refractivity contribution in [3.8, 4) is 5.88 Å². The van der Waals surface area contributed by atoms with Crippen LogP contribution in [0.3, 0.4) is 0 Å². The fourth-order valence-corrected chi connectivity index (χ4v) is 4.24. The second-order valence-electron chi connectivity index (χ2n) is 6.81. The van der Waals surface area contributed by atoms with Crippen molar-refractivity contribution in [3.05, 3.63) is 40.0 Å². The molecule has 0 spiro atoms. The largest absolute Gasteiger partial charge is 0.481 e. The molecule has 8 heteroatoms. The molecule has 0 radical (unpaired) electrons. The molecule has 3 rings (SSSR count). The van der Waals surface area contributed by atoms with Crippen LogP contribution >= 0.6 is 11.3 Å². The van der Waals surface area contributed by atoms with Crippen molar-refractivity contribution >= 4 is 23.2 Å². The minimum atomic E-state index is -0.00101. The Hall–Kier alpha value is -2.48. The van der Waals surface area contributed by atoms with Crippen molar-refractivity contribution < 1.29 is 14.3 Å². The molecule has 1 aliphatic rings. The fourth-order valence-electron chi connectivity index (χ4n) is 3.25. The summed E-state index contributed by atoms with van der Waals surface area (Å²) in [5.74, 6) is 0.815. The number of carbonyl (C=O) groups is 2. The number of nitrogens with zero attached hydrogens (tertiary/aromatic N) is 3. The van der Waals surface area contributed by atoms with E-state index in [9.17, 15) is 9.59 Å². The van der Waals surface area contributed by atoms with E-state index < -0.39 is 0 Å². The molecule has 1 fully saturated rings. The molecule has 0 saturated carbocycles. The van der Waals surface area contributed by atoms with Gasteiger partial charge in [0.1, 0.15) is 0 Å². The molecule has 2 aromatic heterocycles. The van der Waals surface area contributed by atoms with Gasteiger partial charge in [0, 0.05) is 56.0 Å². The number of nitrogens with one attached hydrogen (secondary N) is 1. The van der Waals surface area contributed by atoms with Crippen molar-refractivity contribution in [1.29, 1.82) is 0 Å². The third-order valence-corrected chi connectivity index (χ3v) is 5.90. The first kappa shape index (κ1) is 20.3. The molecule has 7 nitrogen and oxygen atoms in total. The Kier molecular flexibility index (Phi) is 6.97. The average molecular weight is 403 g/mol. The number of pyridine rings is 1. The SMILES string of the molecule is CCC(=O)NCCc1csc(C2CCCN(C(=O)c3ccc(OC)nc3)C2)n1. The summed E-state index contributed by atoms with van der Waals surface area (Å²) in [6.07, 6.45) is 4.79. The molecule has 1 atom stereocenters. The van der Waals surface area contributed by atoms with Gasteiger partial charge in [-0.3, -0.25) is 9.59 Å². The quantitative estimate of drug-likeness (QED) is 0.770. The summed E-state index contributed by atoms with van der Waals surface area (Å²) >= 11 is 1.64. The molecule has 150 valence electrons. The molecule has 2 aromatic rings. The van der Waals surface area contributed by atoms with Gasteiger partial charge in [0.05, 0.1) is 23.4 Å². The lowest BCUT2D eigenvalue weighted by molar-refractivity contribution is -0.120. The van der Waals surface area contributed by atoms with Gasteiger partial charge < -0.3 is 15.0 Å². The van der Waals surface area contributed by atoms with Crippen molar-refractivity contribution in [2.75, 3.05) is 26.7 Å². The van der Waals surface area contributed by atoms with Crippen LogP contribution in [0.2, 0.25) is 0 Å². The molecular formula is C20H26N4O3S. The number of rotatable bonds is 7. The summed E-state index contributed by atoms with van der Waals surface area (Å²) in [5, 5.41) is 6.00. The molecular weight excluding hydrogens is 376 g/mol. The van der Waals surface area contributed by atoms with Crippen LogP contribution in [0.15, 0.2) is 23.7 Å². The van der Waals surface area contributed by atoms with Crippen LogP contribution in [0.1, 0.15) is 53.2 Å². The Labute approximate surface area is 169 Å². The number of methoxy groups -OCH3 is 1. The Morgan fingerprint density at radius 1 is 1.39 bits per heavy atom. The highest BCUT2D eigenvalue weighted by molar-refractivity contribution is 7.09. The van der Waals surface area contributed by atoms with Crippen molar-refractivity contribution in [2.24, 2.45) is 0 Å². The average Bonchev–Trinajstić information content (AvgIpc) is 3.22. The minimum Gasteiger partial charge on any atom is -0.481 e. The van der Waals surface area contributed by atoms with E-state index in [0.29, 0.717) is 31.0 Å². The second kappa shape index (κ2) is 9.64. The number of piperidine rings is 1. The Morgan fingerprint density at radius 3 is 2.96 bits per heavy atom. The molecule has 0 aliphatic carbocycles. The number of carbonyl (C=O) groups excluding carboxylic acids is 2. The van der Waals surface area contributed by atoms with E-state index in [1.807, 2.05) is 11.8 Å². The topological polar surface area (TPSA) is 84.4 Å².